The number of likely N-dealkylation sites (N-methyl/N-ethyl adjacent to an activating group) is 1. The lowest BCUT2D eigenvalue weighted by Gasteiger charge is -2.33. The largest absolute Gasteiger partial charge is 0.379 e. The van der Waals surface area contributed by atoms with Crippen molar-refractivity contribution in [2.75, 3.05) is 59.2 Å². The lowest BCUT2D eigenvalue weighted by atomic mass is 10.0. The zero-order valence-corrected chi connectivity index (χ0v) is 16.7. The number of hydrogen-bond donors (Lipinski definition) is 2. The first-order chi connectivity index (χ1) is 12.3. The van der Waals surface area contributed by atoms with Gasteiger partial charge in [0, 0.05) is 25.7 Å². The van der Waals surface area contributed by atoms with Crippen LogP contribution in [0.25, 0.3) is 0 Å². The highest BCUT2D eigenvalue weighted by molar-refractivity contribution is 5.79. The van der Waals surface area contributed by atoms with E-state index in [-0.39, 0.29) is 0 Å². The minimum atomic E-state index is 0.589. The molecule has 6 nitrogen and oxygen atoms in total. The van der Waals surface area contributed by atoms with Gasteiger partial charge in [0.05, 0.1) is 26.4 Å². The molecule has 0 aromatic heterocycles. The zero-order chi connectivity index (χ0) is 18.2. The van der Waals surface area contributed by atoms with Crippen molar-refractivity contribution in [1.29, 1.82) is 0 Å². The summed E-state index contributed by atoms with van der Waals surface area (Å²) >= 11 is 0. The number of piperidine rings is 1. The van der Waals surface area contributed by atoms with Crippen molar-refractivity contribution >= 4 is 5.96 Å². The second kappa shape index (κ2) is 15.4. The molecule has 2 N–H and O–H groups in total. The molecule has 1 aliphatic rings. The minimum absolute atomic E-state index is 0.589. The van der Waals surface area contributed by atoms with Crippen LogP contribution in [0.3, 0.4) is 0 Å². The maximum Gasteiger partial charge on any atom is 0.191 e. The summed E-state index contributed by atoms with van der Waals surface area (Å²) in [6.45, 7) is 14.2. The summed E-state index contributed by atoms with van der Waals surface area (Å²) < 4.78 is 11.1. The Morgan fingerprint density at radius 2 is 1.84 bits per heavy atom. The molecule has 0 amide bonds. The second-order valence-electron chi connectivity index (χ2n) is 6.50. The Morgan fingerprint density at radius 1 is 1.04 bits per heavy atom. The van der Waals surface area contributed by atoms with Crippen LogP contribution in [-0.4, -0.2) is 76.1 Å². The van der Waals surface area contributed by atoms with Gasteiger partial charge in [-0.25, -0.2) is 0 Å². The molecule has 6 heteroatoms. The minimum Gasteiger partial charge on any atom is -0.379 e. The van der Waals surface area contributed by atoms with E-state index < -0.39 is 0 Å². The third kappa shape index (κ3) is 10.7. The Bertz CT molecular complexity index is 339. The summed E-state index contributed by atoms with van der Waals surface area (Å²) in [7, 11) is 0. The highest BCUT2D eigenvalue weighted by Gasteiger charge is 2.20. The summed E-state index contributed by atoms with van der Waals surface area (Å²) in [5.41, 5.74) is 0. The van der Waals surface area contributed by atoms with Crippen molar-refractivity contribution in [2.24, 2.45) is 4.99 Å². The van der Waals surface area contributed by atoms with Crippen LogP contribution in [-0.2, 0) is 9.47 Å². The molecule has 1 atom stereocenters. The number of rotatable bonds is 13. The van der Waals surface area contributed by atoms with E-state index in [1.54, 1.807) is 0 Å². The summed E-state index contributed by atoms with van der Waals surface area (Å²) in [6.07, 6.45) is 6.22. The highest BCUT2D eigenvalue weighted by atomic mass is 16.5. The third-order valence-corrected chi connectivity index (χ3v) is 4.51. The number of nitrogens with one attached hydrogen (secondary N) is 2. The first-order valence-corrected chi connectivity index (χ1v) is 10.2. The molecule has 1 heterocycles. The van der Waals surface area contributed by atoms with Crippen molar-refractivity contribution < 1.29 is 9.47 Å². The van der Waals surface area contributed by atoms with Gasteiger partial charge in [-0.3, -0.25) is 9.89 Å². The molecule has 1 saturated heterocycles. The molecule has 0 spiro atoms. The van der Waals surface area contributed by atoms with Gasteiger partial charge < -0.3 is 20.1 Å². The molecule has 25 heavy (non-hydrogen) atoms. The van der Waals surface area contributed by atoms with Crippen LogP contribution in [0.5, 0.6) is 0 Å². The van der Waals surface area contributed by atoms with Gasteiger partial charge in [0.25, 0.3) is 0 Å². The van der Waals surface area contributed by atoms with Crippen molar-refractivity contribution in [3.05, 3.63) is 0 Å². The molecule has 0 aromatic rings. The monoisotopic (exact) mass is 356 g/mol. The van der Waals surface area contributed by atoms with Gasteiger partial charge in [-0.15, -0.1) is 0 Å². The molecule has 148 valence electrons. The predicted molar refractivity (Wildman–Crippen MR) is 105 cm³/mol. The van der Waals surface area contributed by atoms with Crippen molar-refractivity contribution in [3.8, 4) is 0 Å². The summed E-state index contributed by atoms with van der Waals surface area (Å²) in [4.78, 5) is 7.33. The van der Waals surface area contributed by atoms with Crippen LogP contribution < -0.4 is 10.6 Å². The molecule has 1 unspecified atom stereocenters. The number of guanidine groups is 1. The number of ether oxygens (including phenoxy) is 2. The van der Waals surface area contributed by atoms with Crippen LogP contribution in [0, 0.1) is 0 Å². The predicted octanol–water partition coefficient (Wildman–Crippen LogP) is 2.25. The Kier molecular flexibility index (Phi) is 13.7. The van der Waals surface area contributed by atoms with Crippen LogP contribution in [0.2, 0.25) is 0 Å². The molecule has 1 rings (SSSR count). The quantitative estimate of drug-likeness (QED) is 0.301. The highest BCUT2D eigenvalue weighted by Crippen LogP contribution is 2.16. The first-order valence-electron chi connectivity index (χ1n) is 10.2. The average molecular weight is 357 g/mol. The van der Waals surface area contributed by atoms with E-state index in [4.69, 9.17) is 14.5 Å². The summed E-state index contributed by atoms with van der Waals surface area (Å²) in [6, 6.07) is 0.589. The van der Waals surface area contributed by atoms with Gasteiger partial charge in [-0.05, 0) is 39.3 Å². The maximum atomic E-state index is 5.59. The van der Waals surface area contributed by atoms with E-state index in [9.17, 15) is 0 Å². The smallest absolute Gasteiger partial charge is 0.191 e. The molecule has 0 aliphatic carbocycles. The van der Waals surface area contributed by atoms with E-state index in [1.165, 1.54) is 32.2 Å². The van der Waals surface area contributed by atoms with Crippen LogP contribution in [0.4, 0.5) is 0 Å². The molecular formula is C19H40N4O2. The fraction of sp³-hybridized carbons (Fsp3) is 0.947. The topological polar surface area (TPSA) is 58.1 Å². The summed E-state index contributed by atoms with van der Waals surface area (Å²) in [5, 5.41) is 6.68. The maximum absolute atomic E-state index is 5.59. The average Bonchev–Trinajstić information content (AvgIpc) is 2.64. The Morgan fingerprint density at radius 3 is 2.56 bits per heavy atom. The third-order valence-electron chi connectivity index (χ3n) is 4.51. The lowest BCUT2D eigenvalue weighted by molar-refractivity contribution is 0.0487. The van der Waals surface area contributed by atoms with E-state index in [0.29, 0.717) is 25.9 Å². The number of unbranched alkanes of at least 4 members (excludes halogenated alkanes) is 1. The van der Waals surface area contributed by atoms with Crippen molar-refractivity contribution in [1.82, 2.24) is 15.5 Å². The number of aliphatic imine (C=N–C) groups is 1. The number of hydrogen-bond acceptors (Lipinski definition) is 4. The molecule has 0 saturated carbocycles. The van der Waals surface area contributed by atoms with Crippen molar-refractivity contribution in [3.63, 3.8) is 0 Å². The van der Waals surface area contributed by atoms with Gasteiger partial charge in [-0.1, -0.05) is 26.7 Å². The van der Waals surface area contributed by atoms with Gasteiger partial charge in [-0.2, -0.15) is 0 Å². The molecule has 1 aliphatic heterocycles. The van der Waals surface area contributed by atoms with Gasteiger partial charge in [0.15, 0.2) is 5.96 Å². The molecular weight excluding hydrogens is 316 g/mol. The van der Waals surface area contributed by atoms with E-state index in [0.717, 1.165) is 45.2 Å². The first kappa shape index (κ1) is 22.2. The Hall–Kier alpha value is -0.850. The lowest BCUT2D eigenvalue weighted by Crippen LogP contribution is -2.43. The SMILES string of the molecule is CCCCOCCOCCNC(=NCC1CCCCN1CC)NCC. The number of nitrogens with zero attached hydrogens (tertiary/aromatic N) is 2. The van der Waals surface area contributed by atoms with Crippen LogP contribution >= 0.6 is 0 Å². The molecule has 0 aromatic carbocycles. The fourth-order valence-corrected chi connectivity index (χ4v) is 3.03. The van der Waals surface area contributed by atoms with Gasteiger partial charge >= 0.3 is 0 Å². The molecule has 0 bridgehead atoms. The van der Waals surface area contributed by atoms with Gasteiger partial charge in [0.1, 0.15) is 0 Å². The second-order valence-corrected chi connectivity index (χ2v) is 6.50. The fourth-order valence-electron chi connectivity index (χ4n) is 3.03. The van der Waals surface area contributed by atoms with Gasteiger partial charge in [0.2, 0.25) is 0 Å². The number of likely N-dealkylation sites (tertiary alicyclic amines) is 1. The van der Waals surface area contributed by atoms with E-state index >= 15 is 0 Å². The normalized spacial score (nSPS) is 19.2. The van der Waals surface area contributed by atoms with Crippen molar-refractivity contribution in [2.45, 2.75) is 58.9 Å². The standard InChI is InChI=1S/C19H40N4O2/c1-4-7-13-24-15-16-25-14-11-21-19(20-5-2)22-17-18-10-8-9-12-23(18)6-3/h18H,4-17H2,1-3H3,(H2,20,21,22). The van der Waals surface area contributed by atoms with Crippen LogP contribution in [0.15, 0.2) is 4.99 Å². The molecule has 0 radical (unpaired) electrons. The summed E-state index contributed by atoms with van der Waals surface area (Å²) in [5.74, 6) is 0.895. The van der Waals surface area contributed by atoms with E-state index in [2.05, 4.69) is 36.3 Å². The Labute approximate surface area is 154 Å². The molecule has 1 fully saturated rings. The van der Waals surface area contributed by atoms with E-state index in [1.807, 2.05) is 0 Å². The van der Waals surface area contributed by atoms with Crippen LogP contribution in [0.1, 0.15) is 52.9 Å². The Balaban J connectivity index is 2.17. The zero-order valence-electron chi connectivity index (χ0n) is 16.7.